The van der Waals surface area contributed by atoms with E-state index in [0.717, 1.165) is 5.02 Å². The van der Waals surface area contributed by atoms with E-state index in [1.54, 1.807) is 0 Å². The van der Waals surface area contributed by atoms with Crippen molar-refractivity contribution in [3.8, 4) is 0 Å². The highest BCUT2D eigenvalue weighted by molar-refractivity contribution is 6.30. The van der Waals surface area contributed by atoms with Crippen molar-refractivity contribution in [2.45, 2.75) is 6.92 Å². The van der Waals surface area contributed by atoms with Crippen molar-refractivity contribution >= 4 is 23.8 Å². The van der Waals surface area contributed by atoms with Crippen molar-refractivity contribution in [2.75, 3.05) is 0 Å². The van der Waals surface area contributed by atoms with Crippen LogP contribution < -0.4 is 0 Å². The van der Waals surface area contributed by atoms with Gasteiger partial charge in [-0.05, 0) is 35.7 Å². The van der Waals surface area contributed by atoms with Crippen LogP contribution in [0.25, 0.3) is 12.2 Å². The van der Waals surface area contributed by atoms with Crippen molar-refractivity contribution < 1.29 is 0 Å². The molecule has 2 aromatic rings. The van der Waals surface area contributed by atoms with E-state index in [4.69, 9.17) is 11.6 Å². The largest absolute Gasteiger partial charge is 0.0843 e. The van der Waals surface area contributed by atoms with Gasteiger partial charge in [0.15, 0.2) is 0 Å². The standard InChI is InChI=1S/C17H15Cl/c1-14-13-17(18)12-11-16(14)10-6-5-9-15-7-3-2-4-8-15/h2-13H,1H3. The summed E-state index contributed by atoms with van der Waals surface area (Å²) < 4.78 is 0. The van der Waals surface area contributed by atoms with Crippen molar-refractivity contribution in [1.29, 1.82) is 0 Å². The van der Waals surface area contributed by atoms with E-state index < -0.39 is 0 Å². The van der Waals surface area contributed by atoms with E-state index in [2.05, 4.69) is 31.2 Å². The first-order valence-electron chi connectivity index (χ1n) is 5.92. The topological polar surface area (TPSA) is 0 Å². The maximum absolute atomic E-state index is 5.92. The molecule has 2 aromatic carbocycles. The van der Waals surface area contributed by atoms with Crippen molar-refractivity contribution in [3.63, 3.8) is 0 Å². The highest BCUT2D eigenvalue weighted by Gasteiger charge is 1.93. The second-order valence-corrected chi connectivity index (χ2v) is 4.57. The molecule has 1 heteroatoms. The average molecular weight is 255 g/mol. The Morgan fingerprint density at radius 1 is 0.889 bits per heavy atom. The predicted octanol–water partition coefficient (Wildman–Crippen LogP) is 5.38. The Labute approximate surface area is 113 Å². The number of hydrogen-bond donors (Lipinski definition) is 0. The molecular formula is C17H15Cl. The third kappa shape index (κ3) is 3.61. The maximum Gasteiger partial charge on any atom is 0.0409 e. The number of hydrogen-bond acceptors (Lipinski definition) is 0. The summed E-state index contributed by atoms with van der Waals surface area (Å²) in [4.78, 5) is 0. The summed E-state index contributed by atoms with van der Waals surface area (Å²) in [5, 5.41) is 0.782. The summed E-state index contributed by atoms with van der Waals surface area (Å²) >= 11 is 5.92. The zero-order valence-electron chi connectivity index (χ0n) is 10.3. The quantitative estimate of drug-likeness (QED) is 0.646. The van der Waals surface area contributed by atoms with Gasteiger partial charge in [0.2, 0.25) is 0 Å². The van der Waals surface area contributed by atoms with Gasteiger partial charge < -0.3 is 0 Å². The second-order valence-electron chi connectivity index (χ2n) is 4.13. The third-order valence-corrected chi connectivity index (χ3v) is 2.94. The molecule has 0 radical (unpaired) electrons. The van der Waals surface area contributed by atoms with E-state index in [-0.39, 0.29) is 0 Å². The lowest BCUT2D eigenvalue weighted by Crippen LogP contribution is -1.78. The Balaban J connectivity index is 2.06. The minimum Gasteiger partial charge on any atom is -0.0843 e. The molecule has 2 rings (SSSR count). The first-order valence-corrected chi connectivity index (χ1v) is 6.29. The minimum absolute atomic E-state index is 0.782. The summed E-state index contributed by atoms with van der Waals surface area (Å²) in [6.07, 6.45) is 8.26. The molecule has 0 unspecified atom stereocenters. The normalized spacial score (nSPS) is 11.4. The average Bonchev–Trinajstić information content (AvgIpc) is 2.38. The Morgan fingerprint density at radius 3 is 2.33 bits per heavy atom. The zero-order valence-corrected chi connectivity index (χ0v) is 11.1. The van der Waals surface area contributed by atoms with Gasteiger partial charge in [0.25, 0.3) is 0 Å². The second kappa shape index (κ2) is 6.23. The van der Waals surface area contributed by atoms with Crippen LogP contribution in [-0.2, 0) is 0 Å². The van der Waals surface area contributed by atoms with Gasteiger partial charge in [-0.3, -0.25) is 0 Å². The van der Waals surface area contributed by atoms with Gasteiger partial charge in [0.05, 0.1) is 0 Å². The molecule has 18 heavy (non-hydrogen) atoms. The van der Waals surface area contributed by atoms with E-state index in [1.165, 1.54) is 16.7 Å². The fourth-order valence-corrected chi connectivity index (χ4v) is 1.94. The van der Waals surface area contributed by atoms with Gasteiger partial charge in [0, 0.05) is 5.02 Å². The lowest BCUT2D eigenvalue weighted by Gasteiger charge is -1.99. The Morgan fingerprint density at radius 2 is 1.61 bits per heavy atom. The van der Waals surface area contributed by atoms with Crippen molar-refractivity contribution in [3.05, 3.63) is 82.4 Å². The summed E-state index contributed by atoms with van der Waals surface area (Å²) in [5.74, 6) is 0. The third-order valence-electron chi connectivity index (χ3n) is 2.71. The molecule has 0 nitrogen and oxygen atoms in total. The van der Waals surface area contributed by atoms with Gasteiger partial charge >= 0.3 is 0 Å². The van der Waals surface area contributed by atoms with Crippen LogP contribution in [0.15, 0.2) is 60.7 Å². The highest BCUT2D eigenvalue weighted by atomic mass is 35.5. The summed E-state index contributed by atoms with van der Waals surface area (Å²) in [7, 11) is 0. The van der Waals surface area contributed by atoms with Crippen LogP contribution in [0.1, 0.15) is 16.7 Å². The molecule has 0 saturated carbocycles. The molecule has 0 aliphatic carbocycles. The molecule has 0 saturated heterocycles. The van der Waals surface area contributed by atoms with E-state index in [1.807, 2.05) is 48.6 Å². The van der Waals surface area contributed by atoms with Crippen LogP contribution in [0, 0.1) is 6.92 Å². The Kier molecular flexibility index (Phi) is 4.38. The monoisotopic (exact) mass is 254 g/mol. The first kappa shape index (κ1) is 12.7. The first-order chi connectivity index (χ1) is 8.75. The van der Waals surface area contributed by atoms with Crippen LogP contribution in [0.4, 0.5) is 0 Å². The number of benzene rings is 2. The van der Waals surface area contributed by atoms with Crippen molar-refractivity contribution in [1.82, 2.24) is 0 Å². The molecule has 0 bridgehead atoms. The molecular weight excluding hydrogens is 240 g/mol. The molecule has 0 aromatic heterocycles. The van der Waals surface area contributed by atoms with E-state index in [0.29, 0.717) is 0 Å². The molecule has 0 heterocycles. The number of halogens is 1. The van der Waals surface area contributed by atoms with Gasteiger partial charge in [-0.1, -0.05) is 72.3 Å². The number of aryl methyl sites for hydroxylation is 1. The molecule has 0 aliphatic rings. The molecule has 90 valence electrons. The van der Waals surface area contributed by atoms with Crippen LogP contribution in [-0.4, -0.2) is 0 Å². The molecule has 0 aliphatic heterocycles. The Bertz CT molecular complexity index is 565. The Hall–Kier alpha value is -1.79. The molecule has 0 N–H and O–H groups in total. The fourth-order valence-electron chi connectivity index (χ4n) is 1.72. The van der Waals surface area contributed by atoms with Crippen LogP contribution in [0.3, 0.4) is 0 Å². The molecule has 0 fully saturated rings. The predicted molar refractivity (Wildman–Crippen MR) is 80.7 cm³/mol. The maximum atomic E-state index is 5.92. The van der Waals surface area contributed by atoms with E-state index >= 15 is 0 Å². The molecule has 0 atom stereocenters. The SMILES string of the molecule is Cc1cc(Cl)ccc1C=CC=Cc1ccccc1. The molecule has 0 spiro atoms. The van der Waals surface area contributed by atoms with Gasteiger partial charge in [-0.25, -0.2) is 0 Å². The smallest absolute Gasteiger partial charge is 0.0409 e. The lowest BCUT2D eigenvalue weighted by molar-refractivity contribution is 1.44. The zero-order chi connectivity index (χ0) is 12.8. The number of rotatable bonds is 3. The van der Waals surface area contributed by atoms with Crippen LogP contribution >= 0.6 is 11.6 Å². The van der Waals surface area contributed by atoms with E-state index in [9.17, 15) is 0 Å². The number of allylic oxidation sites excluding steroid dienone is 2. The molecule has 0 amide bonds. The van der Waals surface area contributed by atoms with Crippen molar-refractivity contribution in [2.24, 2.45) is 0 Å². The summed E-state index contributed by atoms with van der Waals surface area (Å²) in [6.45, 7) is 2.06. The lowest BCUT2D eigenvalue weighted by atomic mass is 10.1. The summed E-state index contributed by atoms with van der Waals surface area (Å²) in [5.41, 5.74) is 3.58. The highest BCUT2D eigenvalue weighted by Crippen LogP contribution is 2.16. The van der Waals surface area contributed by atoms with Crippen LogP contribution in [0.5, 0.6) is 0 Å². The minimum atomic E-state index is 0.782. The van der Waals surface area contributed by atoms with Crippen LogP contribution in [0.2, 0.25) is 5.02 Å². The van der Waals surface area contributed by atoms with Gasteiger partial charge in [0.1, 0.15) is 0 Å². The van der Waals surface area contributed by atoms with Gasteiger partial charge in [-0.15, -0.1) is 0 Å². The van der Waals surface area contributed by atoms with Gasteiger partial charge in [-0.2, -0.15) is 0 Å². The summed E-state index contributed by atoms with van der Waals surface area (Å²) in [6, 6.07) is 16.2. The fraction of sp³-hybridized carbons (Fsp3) is 0.0588.